The van der Waals surface area contributed by atoms with Gasteiger partial charge in [-0.3, -0.25) is 0 Å². The van der Waals surface area contributed by atoms with E-state index < -0.39 is 9.84 Å². The monoisotopic (exact) mass is 331 g/mol. The molecule has 0 bridgehead atoms. The third-order valence-corrected chi connectivity index (χ3v) is 5.92. The number of benzene rings is 1. The van der Waals surface area contributed by atoms with Gasteiger partial charge < -0.3 is 5.73 Å². The van der Waals surface area contributed by atoms with E-state index in [0.29, 0.717) is 12.8 Å². The van der Waals surface area contributed by atoms with Crippen molar-refractivity contribution in [2.24, 2.45) is 11.7 Å². The molecule has 0 radical (unpaired) electrons. The fourth-order valence-corrected chi connectivity index (χ4v) is 4.40. The molecule has 100 valence electrons. The Hall–Kier alpha value is -0.390. The molecule has 2 N–H and O–H groups in total. The first-order chi connectivity index (χ1) is 8.39. The van der Waals surface area contributed by atoms with Crippen LogP contribution in [0.5, 0.6) is 0 Å². The predicted octanol–water partition coefficient (Wildman–Crippen LogP) is 2.58. The molecule has 1 unspecified atom stereocenters. The highest BCUT2D eigenvalue weighted by atomic mass is 79.9. The van der Waals surface area contributed by atoms with Crippen LogP contribution in [0, 0.1) is 12.8 Å². The van der Waals surface area contributed by atoms with Crippen LogP contribution in [0.3, 0.4) is 0 Å². The van der Waals surface area contributed by atoms with Crippen LogP contribution in [0.4, 0.5) is 0 Å². The summed E-state index contributed by atoms with van der Waals surface area (Å²) in [6.07, 6.45) is 1.35. The summed E-state index contributed by atoms with van der Waals surface area (Å²) < 4.78 is 23.9. The smallest absolute Gasteiger partial charge is 0.150 e. The number of aryl methyl sites for hydroxylation is 1. The molecule has 1 aromatic carbocycles. The first-order valence-electron chi connectivity index (χ1n) is 6.11. The van der Waals surface area contributed by atoms with E-state index in [-0.39, 0.29) is 23.5 Å². The maximum atomic E-state index is 11.4. The van der Waals surface area contributed by atoms with Gasteiger partial charge in [0.1, 0.15) is 9.84 Å². The molecule has 3 nitrogen and oxygen atoms in total. The van der Waals surface area contributed by atoms with Crippen LogP contribution in [-0.2, 0) is 9.84 Å². The number of rotatable bonds is 2. The third-order valence-electron chi connectivity index (χ3n) is 3.71. The molecule has 5 heteroatoms. The van der Waals surface area contributed by atoms with Crippen molar-refractivity contribution in [1.29, 1.82) is 0 Å². The van der Waals surface area contributed by atoms with Gasteiger partial charge in [0, 0.05) is 10.5 Å². The van der Waals surface area contributed by atoms with Gasteiger partial charge in [-0.15, -0.1) is 0 Å². The zero-order valence-electron chi connectivity index (χ0n) is 10.4. The van der Waals surface area contributed by atoms with Crippen LogP contribution in [0.1, 0.15) is 30.0 Å². The minimum absolute atomic E-state index is 0.0713. The number of hydrogen-bond acceptors (Lipinski definition) is 3. The molecule has 0 aromatic heterocycles. The Labute approximate surface area is 117 Å². The zero-order chi connectivity index (χ0) is 13.3. The molecule has 1 atom stereocenters. The van der Waals surface area contributed by atoms with E-state index >= 15 is 0 Å². The molecule has 1 aliphatic heterocycles. The van der Waals surface area contributed by atoms with Gasteiger partial charge in [0.05, 0.1) is 11.5 Å². The van der Waals surface area contributed by atoms with Crippen LogP contribution in [-0.4, -0.2) is 19.9 Å². The van der Waals surface area contributed by atoms with Crippen LogP contribution in [0.25, 0.3) is 0 Å². The van der Waals surface area contributed by atoms with Crippen molar-refractivity contribution >= 4 is 25.8 Å². The van der Waals surface area contributed by atoms with Crippen molar-refractivity contribution in [2.45, 2.75) is 25.8 Å². The molecule has 1 saturated heterocycles. The van der Waals surface area contributed by atoms with Crippen LogP contribution in [0.2, 0.25) is 0 Å². The Morgan fingerprint density at radius 2 is 1.94 bits per heavy atom. The summed E-state index contributed by atoms with van der Waals surface area (Å²) in [5.41, 5.74) is 8.60. The molecule has 1 aromatic rings. The lowest BCUT2D eigenvalue weighted by atomic mass is 9.87. The van der Waals surface area contributed by atoms with Crippen molar-refractivity contribution in [2.75, 3.05) is 11.5 Å². The lowest BCUT2D eigenvalue weighted by Gasteiger charge is -2.28. The zero-order valence-corrected chi connectivity index (χ0v) is 12.8. The molecule has 1 heterocycles. The van der Waals surface area contributed by atoms with E-state index in [1.54, 1.807) is 0 Å². The minimum atomic E-state index is -2.81. The van der Waals surface area contributed by atoms with Gasteiger partial charge in [0.15, 0.2) is 0 Å². The molecule has 1 fully saturated rings. The third kappa shape index (κ3) is 3.13. The highest BCUT2D eigenvalue weighted by molar-refractivity contribution is 9.10. The van der Waals surface area contributed by atoms with Crippen molar-refractivity contribution in [1.82, 2.24) is 0 Å². The summed E-state index contributed by atoms with van der Waals surface area (Å²) in [5.74, 6) is 0.818. The fourth-order valence-electron chi connectivity index (χ4n) is 2.49. The van der Waals surface area contributed by atoms with Gasteiger partial charge in [-0.25, -0.2) is 8.42 Å². The minimum Gasteiger partial charge on any atom is -0.324 e. The molecular formula is C13H18BrNO2S. The first kappa shape index (κ1) is 14.0. The summed E-state index contributed by atoms with van der Waals surface area (Å²) in [6.45, 7) is 2.04. The second-order valence-corrected chi connectivity index (χ2v) is 8.24. The lowest BCUT2D eigenvalue weighted by Crippen LogP contribution is -2.31. The van der Waals surface area contributed by atoms with Gasteiger partial charge in [-0.05, 0) is 48.9 Å². The van der Waals surface area contributed by atoms with Gasteiger partial charge in [-0.1, -0.05) is 22.0 Å². The van der Waals surface area contributed by atoms with Gasteiger partial charge in [-0.2, -0.15) is 0 Å². The Morgan fingerprint density at radius 1 is 1.33 bits per heavy atom. The molecular weight excluding hydrogens is 314 g/mol. The second kappa shape index (κ2) is 5.31. The van der Waals surface area contributed by atoms with Crippen molar-refractivity contribution in [3.8, 4) is 0 Å². The Bertz CT molecular complexity index is 528. The molecule has 0 spiro atoms. The maximum Gasteiger partial charge on any atom is 0.150 e. The van der Waals surface area contributed by atoms with E-state index in [4.69, 9.17) is 5.73 Å². The fraction of sp³-hybridized carbons (Fsp3) is 0.538. The maximum absolute atomic E-state index is 11.4. The van der Waals surface area contributed by atoms with E-state index in [2.05, 4.69) is 15.9 Å². The quantitative estimate of drug-likeness (QED) is 0.905. The summed E-state index contributed by atoms with van der Waals surface area (Å²) in [5, 5.41) is 0. The molecule has 0 amide bonds. The van der Waals surface area contributed by atoms with E-state index in [1.165, 1.54) is 5.56 Å². The molecule has 0 saturated carbocycles. The van der Waals surface area contributed by atoms with Gasteiger partial charge >= 0.3 is 0 Å². The highest BCUT2D eigenvalue weighted by Crippen LogP contribution is 2.32. The number of hydrogen-bond donors (Lipinski definition) is 1. The average Bonchev–Trinajstić information content (AvgIpc) is 2.31. The van der Waals surface area contributed by atoms with E-state index in [9.17, 15) is 8.42 Å². The van der Waals surface area contributed by atoms with Crippen LogP contribution < -0.4 is 5.73 Å². The molecule has 0 aliphatic carbocycles. The van der Waals surface area contributed by atoms with E-state index in [0.717, 1.165) is 10.0 Å². The standard InChI is InChI=1S/C13H18BrNO2S/c1-9-2-3-11(14)8-12(9)13(15)10-4-6-18(16,17)7-5-10/h2-3,8,10,13H,4-7,15H2,1H3. The Balaban J connectivity index is 2.17. The van der Waals surface area contributed by atoms with Crippen molar-refractivity contribution in [3.05, 3.63) is 33.8 Å². The molecule has 2 rings (SSSR count). The topological polar surface area (TPSA) is 60.2 Å². The van der Waals surface area contributed by atoms with Crippen molar-refractivity contribution in [3.63, 3.8) is 0 Å². The number of sulfone groups is 1. The average molecular weight is 332 g/mol. The van der Waals surface area contributed by atoms with E-state index in [1.807, 2.05) is 25.1 Å². The number of halogens is 1. The predicted molar refractivity (Wildman–Crippen MR) is 77.2 cm³/mol. The molecule has 1 aliphatic rings. The first-order valence-corrected chi connectivity index (χ1v) is 8.72. The second-order valence-electron chi connectivity index (χ2n) is 5.02. The SMILES string of the molecule is Cc1ccc(Br)cc1C(N)C1CCS(=O)(=O)CC1. The lowest BCUT2D eigenvalue weighted by molar-refractivity contribution is 0.390. The van der Waals surface area contributed by atoms with Crippen molar-refractivity contribution < 1.29 is 8.42 Å². The van der Waals surface area contributed by atoms with Gasteiger partial charge in [0.2, 0.25) is 0 Å². The normalized spacial score (nSPS) is 21.7. The summed E-state index contributed by atoms with van der Waals surface area (Å²) >= 11 is 3.46. The molecule has 18 heavy (non-hydrogen) atoms. The van der Waals surface area contributed by atoms with Crippen LogP contribution in [0.15, 0.2) is 22.7 Å². The van der Waals surface area contributed by atoms with Gasteiger partial charge in [0.25, 0.3) is 0 Å². The summed E-state index contributed by atoms with van der Waals surface area (Å²) in [4.78, 5) is 0. The largest absolute Gasteiger partial charge is 0.324 e. The highest BCUT2D eigenvalue weighted by Gasteiger charge is 2.29. The summed E-state index contributed by atoms with van der Waals surface area (Å²) in [7, 11) is -2.81. The van der Waals surface area contributed by atoms with Crippen LogP contribution >= 0.6 is 15.9 Å². The Morgan fingerprint density at radius 3 is 2.56 bits per heavy atom. The summed E-state index contributed by atoms with van der Waals surface area (Å²) in [6, 6.07) is 6.01. The number of nitrogens with two attached hydrogens (primary N) is 1. The Kier molecular flexibility index (Phi) is 4.14.